The third-order valence-electron chi connectivity index (χ3n) is 3.95. The van der Waals surface area contributed by atoms with Crippen molar-refractivity contribution in [2.75, 3.05) is 27.2 Å². The zero-order valence-electron chi connectivity index (χ0n) is 14.4. The molecule has 1 N–H and O–H groups in total. The lowest BCUT2D eigenvalue weighted by Gasteiger charge is -2.25. The highest BCUT2D eigenvalue weighted by molar-refractivity contribution is 5.33. The van der Waals surface area contributed by atoms with Gasteiger partial charge in [0.1, 0.15) is 5.75 Å². The van der Waals surface area contributed by atoms with Gasteiger partial charge in [-0.25, -0.2) is 0 Å². The molecule has 0 aromatic heterocycles. The second kappa shape index (κ2) is 9.80. The Morgan fingerprint density at radius 1 is 1.14 bits per heavy atom. The fourth-order valence-electron chi connectivity index (χ4n) is 2.44. The SMILES string of the molecule is COc1ccccc1CC(C)N(C)CCCCNC(C)C. The summed E-state index contributed by atoms with van der Waals surface area (Å²) in [6.45, 7) is 8.95. The van der Waals surface area contributed by atoms with Crippen LogP contribution in [0.5, 0.6) is 5.75 Å². The molecule has 1 aromatic rings. The van der Waals surface area contributed by atoms with Crippen LogP contribution in [0.25, 0.3) is 0 Å². The normalized spacial score (nSPS) is 12.9. The standard InChI is InChI=1S/C18H32N2O/c1-15(2)19-12-8-9-13-20(4)16(3)14-17-10-6-7-11-18(17)21-5/h6-7,10-11,15-16,19H,8-9,12-14H2,1-5H3. The lowest BCUT2D eigenvalue weighted by molar-refractivity contribution is 0.249. The largest absolute Gasteiger partial charge is 0.496 e. The molecule has 0 aliphatic carbocycles. The summed E-state index contributed by atoms with van der Waals surface area (Å²) >= 11 is 0. The molecule has 1 aromatic carbocycles. The van der Waals surface area contributed by atoms with Gasteiger partial charge >= 0.3 is 0 Å². The van der Waals surface area contributed by atoms with Gasteiger partial charge in [-0.1, -0.05) is 32.0 Å². The molecular weight excluding hydrogens is 260 g/mol. The van der Waals surface area contributed by atoms with E-state index in [9.17, 15) is 0 Å². The first kappa shape index (κ1) is 18.0. The van der Waals surface area contributed by atoms with Crippen molar-refractivity contribution < 1.29 is 4.74 Å². The summed E-state index contributed by atoms with van der Waals surface area (Å²) in [5, 5.41) is 3.47. The van der Waals surface area contributed by atoms with Crippen molar-refractivity contribution in [1.82, 2.24) is 10.2 Å². The van der Waals surface area contributed by atoms with Gasteiger partial charge in [0.25, 0.3) is 0 Å². The van der Waals surface area contributed by atoms with Crippen LogP contribution in [0.1, 0.15) is 39.2 Å². The molecule has 0 heterocycles. The molecule has 1 rings (SSSR count). The van der Waals surface area contributed by atoms with Crippen LogP contribution in [0.15, 0.2) is 24.3 Å². The molecule has 3 heteroatoms. The zero-order chi connectivity index (χ0) is 15.7. The van der Waals surface area contributed by atoms with Gasteiger partial charge < -0.3 is 15.0 Å². The van der Waals surface area contributed by atoms with Gasteiger partial charge in [0.15, 0.2) is 0 Å². The van der Waals surface area contributed by atoms with Crippen LogP contribution in [0.4, 0.5) is 0 Å². The highest BCUT2D eigenvalue weighted by Crippen LogP contribution is 2.20. The Morgan fingerprint density at radius 2 is 1.86 bits per heavy atom. The van der Waals surface area contributed by atoms with Gasteiger partial charge in [-0.2, -0.15) is 0 Å². The molecule has 0 amide bonds. The van der Waals surface area contributed by atoms with Crippen LogP contribution in [0, 0.1) is 0 Å². The number of nitrogens with one attached hydrogen (secondary N) is 1. The molecule has 0 fully saturated rings. The summed E-state index contributed by atoms with van der Waals surface area (Å²) in [6.07, 6.45) is 3.52. The van der Waals surface area contributed by atoms with Crippen molar-refractivity contribution in [3.05, 3.63) is 29.8 Å². The van der Waals surface area contributed by atoms with Gasteiger partial charge in [-0.15, -0.1) is 0 Å². The number of benzene rings is 1. The molecule has 120 valence electrons. The van der Waals surface area contributed by atoms with E-state index in [1.165, 1.54) is 18.4 Å². The Kier molecular flexibility index (Phi) is 8.40. The average molecular weight is 292 g/mol. The third kappa shape index (κ3) is 6.96. The van der Waals surface area contributed by atoms with E-state index in [2.05, 4.69) is 50.2 Å². The molecule has 1 atom stereocenters. The van der Waals surface area contributed by atoms with Crippen LogP contribution in [0.3, 0.4) is 0 Å². The van der Waals surface area contributed by atoms with Gasteiger partial charge in [0, 0.05) is 12.1 Å². The van der Waals surface area contributed by atoms with Gasteiger partial charge in [-0.3, -0.25) is 0 Å². The first-order chi connectivity index (χ1) is 10.0. The predicted octanol–water partition coefficient (Wildman–Crippen LogP) is 3.34. The summed E-state index contributed by atoms with van der Waals surface area (Å²) in [5.74, 6) is 0.999. The molecule has 21 heavy (non-hydrogen) atoms. The van der Waals surface area contributed by atoms with E-state index < -0.39 is 0 Å². The maximum absolute atomic E-state index is 5.43. The minimum absolute atomic E-state index is 0.527. The minimum Gasteiger partial charge on any atom is -0.496 e. The number of hydrogen-bond donors (Lipinski definition) is 1. The molecule has 1 unspecified atom stereocenters. The summed E-state index contributed by atoms with van der Waals surface area (Å²) in [4.78, 5) is 2.45. The smallest absolute Gasteiger partial charge is 0.122 e. The van der Waals surface area contributed by atoms with Crippen LogP contribution >= 0.6 is 0 Å². The number of methoxy groups -OCH3 is 1. The average Bonchev–Trinajstić information content (AvgIpc) is 2.46. The Morgan fingerprint density at radius 3 is 2.52 bits per heavy atom. The minimum atomic E-state index is 0.527. The fraction of sp³-hybridized carbons (Fsp3) is 0.667. The first-order valence-corrected chi connectivity index (χ1v) is 8.10. The second-order valence-corrected chi connectivity index (χ2v) is 6.16. The summed E-state index contributed by atoms with van der Waals surface area (Å²) in [6, 6.07) is 9.43. The molecule has 3 nitrogen and oxygen atoms in total. The number of hydrogen-bond acceptors (Lipinski definition) is 3. The maximum Gasteiger partial charge on any atom is 0.122 e. The molecule has 0 radical (unpaired) electrons. The van der Waals surface area contributed by atoms with Crippen molar-refractivity contribution >= 4 is 0 Å². The predicted molar refractivity (Wildman–Crippen MR) is 91.2 cm³/mol. The molecule has 0 saturated carbocycles. The molecular formula is C18H32N2O. The van der Waals surface area contributed by atoms with Gasteiger partial charge in [0.05, 0.1) is 7.11 Å². The lowest BCUT2D eigenvalue weighted by atomic mass is 10.0. The summed E-state index contributed by atoms with van der Waals surface area (Å²) in [7, 11) is 3.96. The van der Waals surface area contributed by atoms with E-state index in [0.29, 0.717) is 12.1 Å². The Hall–Kier alpha value is -1.06. The fourth-order valence-corrected chi connectivity index (χ4v) is 2.44. The topological polar surface area (TPSA) is 24.5 Å². The number of para-hydroxylation sites is 1. The van der Waals surface area contributed by atoms with E-state index in [1.54, 1.807) is 7.11 Å². The van der Waals surface area contributed by atoms with E-state index in [-0.39, 0.29) is 0 Å². The second-order valence-electron chi connectivity index (χ2n) is 6.16. The first-order valence-electron chi connectivity index (χ1n) is 8.10. The monoisotopic (exact) mass is 292 g/mol. The van der Waals surface area contributed by atoms with E-state index >= 15 is 0 Å². The van der Waals surface area contributed by atoms with Crippen LogP contribution < -0.4 is 10.1 Å². The van der Waals surface area contributed by atoms with E-state index in [0.717, 1.165) is 25.3 Å². The molecule has 0 aliphatic heterocycles. The Balaban J connectivity index is 2.32. The van der Waals surface area contributed by atoms with Crippen LogP contribution in [-0.4, -0.2) is 44.2 Å². The Labute approximate surface area is 130 Å². The summed E-state index contributed by atoms with van der Waals surface area (Å²) < 4.78 is 5.43. The van der Waals surface area contributed by atoms with E-state index in [4.69, 9.17) is 4.74 Å². The molecule has 0 saturated heterocycles. The maximum atomic E-state index is 5.43. The number of unbranched alkanes of at least 4 members (excludes halogenated alkanes) is 1. The highest BCUT2D eigenvalue weighted by atomic mass is 16.5. The van der Waals surface area contributed by atoms with Gasteiger partial charge in [-0.05, 0) is 58.0 Å². The zero-order valence-corrected chi connectivity index (χ0v) is 14.4. The Bertz CT molecular complexity index is 393. The number of likely N-dealkylation sites (N-methyl/N-ethyl adjacent to an activating group) is 1. The number of ether oxygens (including phenoxy) is 1. The van der Waals surface area contributed by atoms with Crippen molar-refractivity contribution in [3.8, 4) is 5.75 Å². The van der Waals surface area contributed by atoms with Crippen LogP contribution in [-0.2, 0) is 6.42 Å². The summed E-state index contributed by atoms with van der Waals surface area (Å²) in [5.41, 5.74) is 1.29. The van der Waals surface area contributed by atoms with E-state index in [1.807, 2.05) is 12.1 Å². The molecule has 0 aliphatic rings. The van der Waals surface area contributed by atoms with Crippen molar-refractivity contribution in [2.45, 2.75) is 52.1 Å². The number of nitrogens with zero attached hydrogens (tertiary/aromatic N) is 1. The highest BCUT2D eigenvalue weighted by Gasteiger charge is 2.12. The molecule has 0 spiro atoms. The molecule has 0 bridgehead atoms. The number of rotatable bonds is 10. The van der Waals surface area contributed by atoms with Crippen molar-refractivity contribution in [3.63, 3.8) is 0 Å². The van der Waals surface area contributed by atoms with Crippen molar-refractivity contribution in [2.24, 2.45) is 0 Å². The third-order valence-corrected chi connectivity index (χ3v) is 3.95. The lowest BCUT2D eigenvalue weighted by Crippen LogP contribution is -2.32. The van der Waals surface area contributed by atoms with Gasteiger partial charge in [0.2, 0.25) is 0 Å². The quantitative estimate of drug-likeness (QED) is 0.669. The van der Waals surface area contributed by atoms with Crippen molar-refractivity contribution in [1.29, 1.82) is 0 Å². The van der Waals surface area contributed by atoms with Crippen LogP contribution in [0.2, 0.25) is 0 Å².